The molecule has 0 fully saturated rings. The second-order valence-electron chi connectivity index (χ2n) is 4.72. The Morgan fingerprint density at radius 1 is 1.45 bits per heavy atom. The molecule has 0 amide bonds. The number of aliphatic hydroxyl groups excluding tert-OH is 1. The van der Waals surface area contributed by atoms with Gasteiger partial charge in [-0.3, -0.25) is 4.79 Å². The van der Waals surface area contributed by atoms with Crippen molar-refractivity contribution < 1.29 is 24.6 Å². The molecule has 1 heterocycles. The zero-order valence-corrected chi connectivity index (χ0v) is 11.2. The predicted octanol–water partition coefficient (Wildman–Crippen LogP) is 1.31. The standard InChI is InChI=1S/C14H17NO5/c1-10(17)19-9-14(8-12(6-7-16)15-20-14)11-2-4-13(18)5-3-11/h2-5,16,18H,6-9H2,1H3. The van der Waals surface area contributed by atoms with Crippen molar-refractivity contribution in [2.75, 3.05) is 13.2 Å². The van der Waals surface area contributed by atoms with E-state index in [0.717, 1.165) is 5.56 Å². The number of aromatic hydroxyl groups is 1. The summed E-state index contributed by atoms with van der Waals surface area (Å²) in [5.41, 5.74) is 0.588. The second kappa shape index (κ2) is 5.92. The first-order valence-electron chi connectivity index (χ1n) is 6.33. The predicted molar refractivity (Wildman–Crippen MR) is 71.3 cm³/mol. The second-order valence-corrected chi connectivity index (χ2v) is 4.72. The fourth-order valence-corrected chi connectivity index (χ4v) is 2.11. The van der Waals surface area contributed by atoms with Gasteiger partial charge in [-0.1, -0.05) is 17.3 Å². The van der Waals surface area contributed by atoms with Gasteiger partial charge in [0.1, 0.15) is 12.4 Å². The summed E-state index contributed by atoms with van der Waals surface area (Å²) in [6.07, 6.45) is 0.853. The maximum absolute atomic E-state index is 11.0. The minimum Gasteiger partial charge on any atom is -0.508 e. The first-order chi connectivity index (χ1) is 9.55. The zero-order valence-electron chi connectivity index (χ0n) is 11.2. The third-order valence-electron chi connectivity index (χ3n) is 3.14. The van der Waals surface area contributed by atoms with Crippen molar-refractivity contribution in [2.24, 2.45) is 5.16 Å². The molecule has 2 rings (SSSR count). The fraction of sp³-hybridized carbons (Fsp3) is 0.429. The fourth-order valence-electron chi connectivity index (χ4n) is 2.11. The van der Waals surface area contributed by atoms with E-state index in [-0.39, 0.29) is 19.0 Å². The minimum atomic E-state index is -0.885. The highest BCUT2D eigenvalue weighted by Gasteiger charge is 2.42. The van der Waals surface area contributed by atoms with Gasteiger partial charge in [-0.25, -0.2) is 0 Å². The highest BCUT2D eigenvalue weighted by molar-refractivity contribution is 5.86. The Kier molecular flexibility index (Phi) is 4.24. The summed E-state index contributed by atoms with van der Waals surface area (Å²) in [7, 11) is 0. The van der Waals surface area contributed by atoms with Crippen LogP contribution in [-0.2, 0) is 20.0 Å². The van der Waals surface area contributed by atoms with Gasteiger partial charge in [0.2, 0.25) is 5.60 Å². The lowest BCUT2D eigenvalue weighted by Crippen LogP contribution is -2.33. The van der Waals surface area contributed by atoms with E-state index in [0.29, 0.717) is 18.6 Å². The number of rotatable bonds is 5. The third-order valence-corrected chi connectivity index (χ3v) is 3.14. The summed E-state index contributed by atoms with van der Waals surface area (Å²) in [6, 6.07) is 6.49. The smallest absolute Gasteiger partial charge is 0.302 e. The van der Waals surface area contributed by atoms with Crippen molar-refractivity contribution in [2.45, 2.75) is 25.4 Å². The van der Waals surface area contributed by atoms with Crippen LogP contribution in [0, 0.1) is 0 Å². The number of nitrogens with zero attached hydrogens (tertiary/aromatic N) is 1. The number of carbonyl (C=O) groups excluding carboxylic acids is 1. The van der Waals surface area contributed by atoms with Crippen molar-refractivity contribution in [1.82, 2.24) is 0 Å². The summed E-state index contributed by atoms with van der Waals surface area (Å²) >= 11 is 0. The molecular weight excluding hydrogens is 262 g/mol. The van der Waals surface area contributed by atoms with Crippen LogP contribution in [0.1, 0.15) is 25.3 Å². The van der Waals surface area contributed by atoms with Crippen molar-refractivity contribution in [3.8, 4) is 5.75 Å². The van der Waals surface area contributed by atoms with E-state index in [1.807, 2.05) is 0 Å². The molecule has 1 aromatic carbocycles. The highest BCUT2D eigenvalue weighted by atomic mass is 16.7. The molecule has 20 heavy (non-hydrogen) atoms. The van der Waals surface area contributed by atoms with Gasteiger partial charge < -0.3 is 19.8 Å². The van der Waals surface area contributed by atoms with Crippen molar-refractivity contribution in [1.29, 1.82) is 0 Å². The van der Waals surface area contributed by atoms with E-state index in [2.05, 4.69) is 5.16 Å². The number of aliphatic hydroxyl groups is 1. The molecule has 1 unspecified atom stereocenters. The Bertz CT molecular complexity index is 511. The quantitative estimate of drug-likeness (QED) is 0.793. The highest BCUT2D eigenvalue weighted by Crippen LogP contribution is 2.36. The Hall–Kier alpha value is -2.08. The number of phenolic OH excluding ortho intramolecular Hbond substituents is 1. The molecular formula is C14H17NO5. The van der Waals surface area contributed by atoms with Crippen LogP contribution >= 0.6 is 0 Å². The number of ether oxygens (including phenoxy) is 1. The number of carbonyl (C=O) groups is 1. The van der Waals surface area contributed by atoms with Gasteiger partial charge in [-0.2, -0.15) is 0 Å². The Labute approximate surface area is 116 Å². The summed E-state index contributed by atoms with van der Waals surface area (Å²) in [6.45, 7) is 1.35. The van der Waals surface area contributed by atoms with Gasteiger partial charge in [-0.05, 0) is 12.1 Å². The molecule has 1 atom stereocenters. The number of phenols is 1. The van der Waals surface area contributed by atoms with E-state index in [1.165, 1.54) is 19.1 Å². The van der Waals surface area contributed by atoms with E-state index in [4.69, 9.17) is 14.7 Å². The molecule has 0 aromatic heterocycles. The molecule has 0 bridgehead atoms. The molecule has 1 aliphatic heterocycles. The van der Waals surface area contributed by atoms with Crippen LogP contribution in [-0.4, -0.2) is 35.1 Å². The molecule has 0 aliphatic carbocycles. The van der Waals surface area contributed by atoms with Gasteiger partial charge in [0.05, 0.1) is 5.71 Å². The lowest BCUT2D eigenvalue weighted by Gasteiger charge is -2.26. The molecule has 1 aromatic rings. The third kappa shape index (κ3) is 3.08. The monoisotopic (exact) mass is 279 g/mol. The number of hydrogen-bond donors (Lipinski definition) is 2. The number of esters is 1. The van der Waals surface area contributed by atoms with E-state index >= 15 is 0 Å². The molecule has 0 radical (unpaired) electrons. The summed E-state index contributed by atoms with van der Waals surface area (Å²) in [4.78, 5) is 16.5. The zero-order chi connectivity index (χ0) is 14.6. The van der Waals surface area contributed by atoms with Gasteiger partial charge in [0, 0.05) is 31.9 Å². The maximum Gasteiger partial charge on any atom is 0.302 e. The number of hydrogen-bond acceptors (Lipinski definition) is 6. The van der Waals surface area contributed by atoms with Crippen LogP contribution in [0.5, 0.6) is 5.75 Å². The van der Waals surface area contributed by atoms with Gasteiger partial charge in [0.15, 0.2) is 0 Å². The van der Waals surface area contributed by atoms with Crippen LogP contribution in [0.3, 0.4) is 0 Å². The molecule has 0 spiro atoms. The average Bonchev–Trinajstić information content (AvgIpc) is 2.82. The largest absolute Gasteiger partial charge is 0.508 e. The van der Waals surface area contributed by atoms with Gasteiger partial charge in [-0.15, -0.1) is 0 Å². The minimum absolute atomic E-state index is 0.0125. The SMILES string of the molecule is CC(=O)OCC1(c2ccc(O)cc2)CC(CCO)=NO1. The topological polar surface area (TPSA) is 88.4 Å². The lowest BCUT2D eigenvalue weighted by atomic mass is 9.89. The van der Waals surface area contributed by atoms with Gasteiger partial charge in [0.25, 0.3) is 0 Å². The molecule has 2 N–H and O–H groups in total. The lowest BCUT2D eigenvalue weighted by molar-refractivity contribution is -0.152. The summed E-state index contributed by atoms with van der Waals surface area (Å²) < 4.78 is 5.08. The van der Waals surface area contributed by atoms with E-state index < -0.39 is 11.6 Å². The molecule has 6 nitrogen and oxygen atoms in total. The first-order valence-corrected chi connectivity index (χ1v) is 6.33. The molecule has 108 valence electrons. The van der Waals surface area contributed by atoms with Crippen LogP contribution in [0.15, 0.2) is 29.4 Å². The van der Waals surface area contributed by atoms with Gasteiger partial charge >= 0.3 is 5.97 Å². The Morgan fingerprint density at radius 2 is 2.15 bits per heavy atom. The molecule has 1 aliphatic rings. The van der Waals surface area contributed by atoms with Crippen LogP contribution in [0.2, 0.25) is 0 Å². The van der Waals surface area contributed by atoms with Crippen molar-refractivity contribution in [3.63, 3.8) is 0 Å². The van der Waals surface area contributed by atoms with Crippen LogP contribution in [0.25, 0.3) is 0 Å². The summed E-state index contributed by atoms with van der Waals surface area (Å²) in [5.74, 6) is -0.256. The number of oxime groups is 1. The molecule has 0 saturated heterocycles. The van der Waals surface area contributed by atoms with Crippen LogP contribution in [0.4, 0.5) is 0 Å². The molecule has 6 heteroatoms. The Morgan fingerprint density at radius 3 is 2.75 bits per heavy atom. The van der Waals surface area contributed by atoms with Crippen LogP contribution < -0.4 is 0 Å². The maximum atomic E-state index is 11.0. The van der Waals surface area contributed by atoms with E-state index in [9.17, 15) is 9.90 Å². The van der Waals surface area contributed by atoms with Crippen molar-refractivity contribution >= 4 is 11.7 Å². The average molecular weight is 279 g/mol. The number of benzene rings is 1. The first kappa shape index (κ1) is 14.3. The molecule has 0 saturated carbocycles. The van der Waals surface area contributed by atoms with Crippen molar-refractivity contribution in [3.05, 3.63) is 29.8 Å². The Balaban J connectivity index is 2.22. The van der Waals surface area contributed by atoms with E-state index in [1.54, 1.807) is 12.1 Å². The summed E-state index contributed by atoms with van der Waals surface area (Å²) in [5, 5.41) is 22.3. The normalized spacial score (nSPS) is 21.2.